The van der Waals surface area contributed by atoms with Crippen LogP contribution in [-0.2, 0) is 0 Å². The minimum atomic E-state index is -0.945. The van der Waals surface area contributed by atoms with Gasteiger partial charge >= 0.3 is 5.97 Å². The number of aromatic carboxylic acids is 1. The Kier molecular flexibility index (Phi) is 4.06. The number of benzene rings is 1. The van der Waals surface area contributed by atoms with E-state index in [0.29, 0.717) is 10.6 Å². The average Bonchev–Trinajstić information content (AvgIpc) is 2.40. The van der Waals surface area contributed by atoms with E-state index in [0.717, 1.165) is 16.2 Å². The Bertz CT molecular complexity index is 720. The van der Waals surface area contributed by atoms with E-state index in [4.69, 9.17) is 10.4 Å². The highest BCUT2D eigenvalue weighted by Crippen LogP contribution is 2.28. The lowest BCUT2D eigenvalue weighted by Gasteiger charge is -2.06. The van der Waals surface area contributed by atoms with Crippen molar-refractivity contribution in [1.82, 2.24) is 4.98 Å². The molecule has 0 saturated carbocycles. The predicted molar refractivity (Wildman–Crippen MR) is 76.0 cm³/mol. The van der Waals surface area contributed by atoms with Crippen molar-refractivity contribution in [3.05, 3.63) is 52.7 Å². The first kappa shape index (κ1) is 14.1. The van der Waals surface area contributed by atoms with Gasteiger partial charge in [0.1, 0.15) is 5.03 Å². The maximum atomic E-state index is 11.1. The van der Waals surface area contributed by atoms with Gasteiger partial charge in [-0.25, -0.2) is 9.78 Å². The third-order valence-electron chi connectivity index (χ3n) is 2.72. The Balaban J connectivity index is 2.35. The number of nitrogens with zero attached hydrogens (tertiary/aromatic N) is 2. The van der Waals surface area contributed by atoms with E-state index in [1.165, 1.54) is 11.8 Å². The number of rotatable bonds is 3. The van der Waals surface area contributed by atoms with Crippen LogP contribution in [0.25, 0.3) is 0 Å². The maximum Gasteiger partial charge on any atom is 0.335 e. The van der Waals surface area contributed by atoms with E-state index < -0.39 is 5.97 Å². The number of hydrogen-bond donors (Lipinski definition) is 1. The molecule has 1 aromatic heterocycles. The van der Waals surface area contributed by atoms with Crippen LogP contribution < -0.4 is 0 Å². The molecule has 0 atom stereocenters. The molecule has 0 fully saturated rings. The highest BCUT2D eigenvalue weighted by molar-refractivity contribution is 7.99. The zero-order valence-electron chi connectivity index (χ0n) is 11.0. The fourth-order valence-electron chi connectivity index (χ4n) is 1.77. The number of carboxylic acid groups (broad SMARTS) is 1. The first-order chi connectivity index (χ1) is 9.49. The first-order valence-corrected chi connectivity index (χ1v) is 6.72. The van der Waals surface area contributed by atoms with E-state index in [1.807, 2.05) is 13.0 Å². The van der Waals surface area contributed by atoms with Gasteiger partial charge in [-0.2, -0.15) is 5.26 Å². The molecule has 0 aliphatic rings. The fourth-order valence-corrected chi connectivity index (χ4v) is 2.70. The second-order valence-corrected chi connectivity index (χ2v) is 5.42. The molecule has 2 rings (SSSR count). The molecule has 0 saturated heterocycles. The number of carboxylic acids is 1. The van der Waals surface area contributed by atoms with Crippen LogP contribution in [0.3, 0.4) is 0 Å². The lowest BCUT2D eigenvalue weighted by atomic mass is 10.1. The van der Waals surface area contributed by atoms with Gasteiger partial charge in [-0.15, -0.1) is 0 Å². The van der Waals surface area contributed by atoms with Gasteiger partial charge in [-0.3, -0.25) is 0 Å². The molecule has 0 aliphatic heterocycles. The van der Waals surface area contributed by atoms with Crippen molar-refractivity contribution in [2.24, 2.45) is 0 Å². The number of nitriles is 1. The van der Waals surface area contributed by atoms with Crippen LogP contribution in [-0.4, -0.2) is 16.1 Å². The van der Waals surface area contributed by atoms with Crippen LogP contribution in [0.4, 0.5) is 0 Å². The van der Waals surface area contributed by atoms with Gasteiger partial charge in [0.05, 0.1) is 17.2 Å². The molecule has 1 N–H and O–H groups in total. The van der Waals surface area contributed by atoms with Crippen LogP contribution in [0, 0.1) is 25.2 Å². The van der Waals surface area contributed by atoms with Gasteiger partial charge in [0.15, 0.2) is 0 Å². The topological polar surface area (TPSA) is 74.0 Å². The predicted octanol–water partition coefficient (Wildman–Crippen LogP) is 3.42. The quantitative estimate of drug-likeness (QED) is 0.934. The molecule has 100 valence electrons. The van der Waals surface area contributed by atoms with Crippen molar-refractivity contribution >= 4 is 17.7 Å². The number of hydrogen-bond acceptors (Lipinski definition) is 4. The van der Waals surface area contributed by atoms with Crippen molar-refractivity contribution < 1.29 is 9.90 Å². The van der Waals surface area contributed by atoms with Crippen LogP contribution in [0.5, 0.6) is 0 Å². The summed E-state index contributed by atoms with van der Waals surface area (Å²) in [6.07, 6.45) is 0. The van der Waals surface area contributed by atoms with E-state index in [1.54, 1.807) is 31.2 Å². The molecule has 2 aromatic rings. The van der Waals surface area contributed by atoms with E-state index in [9.17, 15) is 4.79 Å². The van der Waals surface area contributed by atoms with Gasteiger partial charge < -0.3 is 5.11 Å². The largest absolute Gasteiger partial charge is 0.478 e. The molecule has 1 aromatic carbocycles. The molecule has 1 heterocycles. The number of carbonyl (C=O) groups is 1. The highest BCUT2D eigenvalue weighted by Gasteiger charge is 2.09. The second-order valence-electron chi connectivity index (χ2n) is 4.33. The zero-order valence-corrected chi connectivity index (χ0v) is 11.9. The van der Waals surface area contributed by atoms with Gasteiger partial charge in [-0.1, -0.05) is 17.8 Å². The summed E-state index contributed by atoms with van der Waals surface area (Å²) in [5, 5.41) is 18.7. The lowest BCUT2D eigenvalue weighted by molar-refractivity contribution is 0.0696. The van der Waals surface area contributed by atoms with Crippen molar-refractivity contribution in [3.8, 4) is 6.07 Å². The van der Waals surface area contributed by atoms with Gasteiger partial charge in [-0.05, 0) is 43.7 Å². The third kappa shape index (κ3) is 3.16. The molecule has 20 heavy (non-hydrogen) atoms. The molecule has 0 unspecified atom stereocenters. The molecular weight excluding hydrogens is 272 g/mol. The van der Waals surface area contributed by atoms with Crippen LogP contribution in [0.2, 0.25) is 0 Å². The molecule has 4 nitrogen and oxygen atoms in total. The average molecular weight is 284 g/mol. The normalized spacial score (nSPS) is 10.1. The summed E-state index contributed by atoms with van der Waals surface area (Å²) in [6, 6.07) is 10.7. The standard InChI is InChI=1S/C15H12N2O2S/c1-9-3-4-12(7-13(9)15(18)19)20-14-6-11(8-16)5-10(2)17-14/h3-7H,1-2H3,(H,18,19). The van der Waals surface area contributed by atoms with Crippen LogP contribution >= 0.6 is 11.8 Å². The summed E-state index contributed by atoms with van der Waals surface area (Å²) < 4.78 is 0. The number of pyridine rings is 1. The SMILES string of the molecule is Cc1cc(C#N)cc(Sc2ccc(C)c(C(=O)O)c2)n1. The van der Waals surface area contributed by atoms with Gasteiger partial charge in [0.2, 0.25) is 0 Å². The van der Waals surface area contributed by atoms with Crippen LogP contribution in [0.15, 0.2) is 40.3 Å². The van der Waals surface area contributed by atoms with E-state index in [-0.39, 0.29) is 5.56 Å². The summed E-state index contributed by atoms with van der Waals surface area (Å²) in [7, 11) is 0. The molecule has 0 radical (unpaired) electrons. The molecule has 0 spiro atoms. The Hall–Kier alpha value is -2.32. The maximum absolute atomic E-state index is 11.1. The van der Waals surface area contributed by atoms with Crippen molar-refractivity contribution in [2.45, 2.75) is 23.8 Å². The summed E-state index contributed by atoms with van der Waals surface area (Å²) in [6.45, 7) is 3.58. The van der Waals surface area contributed by atoms with Crippen molar-refractivity contribution in [2.75, 3.05) is 0 Å². The summed E-state index contributed by atoms with van der Waals surface area (Å²) in [5.74, 6) is -0.945. The zero-order chi connectivity index (χ0) is 14.7. The second kappa shape index (κ2) is 5.76. The van der Waals surface area contributed by atoms with Crippen molar-refractivity contribution in [3.63, 3.8) is 0 Å². The third-order valence-corrected chi connectivity index (χ3v) is 3.63. The Morgan fingerprint density at radius 1 is 1.30 bits per heavy atom. The van der Waals surface area contributed by atoms with Crippen LogP contribution in [0.1, 0.15) is 27.2 Å². The summed E-state index contributed by atoms with van der Waals surface area (Å²) in [4.78, 5) is 16.2. The summed E-state index contributed by atoms with van der Waals surface area (Å²) in [5.41, 5.74) is 2.31. The molecule has 0 bridgehead atoms. The number of aryl methyl sites for hydroxylation is 2. The van der Waals surface area contributed by atoms with E-state index in [2.05, 4.69) is 11.1 Å². The number of aromatic nitrogens is 1. The van der Waals surface area contributed by atoms with Gasteiger partial charge in [0, 0.05) is 10.6 Å². The molecule has 0 amide bonds. The monoisotopic (exact) mass is 284 g/mol. The minimum absolute atomic E-state index is 0.281. The Morgan fingerprint density at radius 2 is 2.05 bits per heavy atom. The van der Waals surface area contributed by atoms with Crippen molar-refractivity contribution in [1.29, 1.82) is 5.26 Å². The Morgan fingerprint density at radius 3 is 2.70 bits per heavy atom. The summed E-state index contributed by atoms with van der Waals surface area (Å²) >= 11 is 1.35. The van der Waals surface area contributed by atoms with E-state index >= 15 is 0 Å². The fraction of sp³-hybridized carbons (Fsp3) is 0.133. The highest BCUT2D eigenvalue weighted by atomic mass is 32.2. The first-order valence-electron chi connectivity index (χ1n) is 5.90. The van der Waals surface area contributed by atoms with Gasteiger partial charge in [0.25, 0.3) is 0 Å². The molecule has 5 heteroatoms. The Labute approximate surface area is 121 Å². The molecule has 0 aliphatic carbocycles. The minimum Gasteiger partial charge on any atom is -0.478 e. The smallest absolute Gasteiger partial charge is 0.335 e. The lowest BCUT2D eigenvalue weighted by Crippen LogP contribution is -1.99. The molecular formula is C15H12N2O2S.